The largest absolute Gasteiger partial charge is 0.366 e. The van der Waals surface area contributed by atoms with Crippen LogP contribution in [0.2, 0.25) is 0 Å². The molecule has 2 aliphatic heterocycles. The first-order chi connectivity index (χ1) is 8.28. The summed E-state index contributed by atoms with van der Waals surface area (Å²) in [6.07, 6.45) is 1.41. The molecule has 0 aromatic heterocycles. The third-order valence-electron chi connectivity index (χ3n) is 3.42. The lowest BCUT2D eigenvalue weighted by Crippen LogP contribution is -2.41. The van der Waals surface area contributed by atoms with E-state index in [4.69, 9.17) is 4.74 Å². The molecule has 17 heavy (non-hydrogen) atoms. The second-order valence-corrected chi connectivity index (χ2v) is 4.54. The highest BCUT2D eigenvalue weighted by Gasteiger charge is 2.45. The van der Waals surface area contributed by atoms with Gasteiger partial charge >= 0.3 is 0 Å². The van der Waals surface area contributed by atoms with E-state index in [1.165, 1.54) is 0 Å². The predicted octanol–water partition coefficient (Wildman–Crippen LogP) is 0.999. The summed E-state index contributed by atoms with van der Waals surface area (Å²) < 4.78 is 5.33. The number of carbonyl (C=O) groups excluding carboxylic acids is 2. The van der Waals surface area contributed by atoms with E-state index in [2.05, 4.69) is 0 Å². The molecule has 4 heteroatoms. The fourth-order valence-corrected chi connectivity index (χ4v) is 2.53. The highest BCUT2D eigenvalue weighted by molar-refractivity contribution is 5.84. The van der Waals surface area contributed by atoms with Crippen LogP contribution in [0.4, 0.5) is 0 Å². The Morgan fingerprint density at radius 3 is 3.06 bits per heavy atom. The maximum atomic E-state index is 11.9. The number of morpholine rings is 1. The minimum atomic E-state index is -0.228. The Morgan fingerprint density at radius 2 is 2.35 bits per heavy atom. The quantitative estimate of drug-likeness (QED) is 0.729. The number of aldehydes is 1. The van der Waals surface area contributed by atoms with Gasteiger partial charge in [-0.05, 0) is 11.6 Å². The molecule has 1 aromatic rings. The molecule has 3 rings (SSSR count). The van der Waals surface area contributed by atoms with Crippen molar-refractivity contribution in [2.75, 3.05) is 6.61 Å². The molecule has 0 radical (unpaired) electrons. The Balaban J connectivity index is 1.78. The van der Waals surface area contributed by atoms with E-state index in [9.17, 15) is 9.59 Å². The van der Waals surface area contributed by atoms with Crippen molar-refractivity contribution in [3.8, 4) is 0 Å². The highest BCUT2D eigenvalue weighted by atomic mass is 16.5. The van der Waals surface area contributed by atoms with Crippen LogP contribution in [0.25, 0.3) is 0 Å². The van der Waals surface area contributed by atoms with Gasteiger partial charge in [-0.2, -0.15) is 0 Å². The number of likely N-dealkylation sites (tertiary alicyclic amines) is 1. The van der Waals surface area contributed by atoms with E-state index in [0.29, 0.717) is 18.7 Å². The van der Waals surface area contributed by atoms with Crippen LogP contribution in [0.1, 0.15) is 22.3 Å². The lowest BCUT2D eigenvalue weighted by atomic mass is 10.1. The Hall–Kier alpha value is -1.68. The maximum Gasteiger partial charge on any atom is 0.252 e. The van der Waals surface area contributed by atoms with Crippen molar-refractivity contribution in [1.29, 1.82) is 0 Å². The minimum absolute atomic E-state index is 0.0813. The van der Waals surface area contributed by atoms with Crippen molar-refractivity contribution in [2.45, 2.75) is 25.1 Å². The monoisotopic (exact) mass is 231 g/mol. The number of nitrogens with zero attached hydrogens (tertiary/aromatic N) is 1. The fourth-order valence-electron chi connectivity index (χ4n) is 2.53. The SMILES string of the molecule is O=Cc1cccc(CN2C(=O)C3CC2CO3)c1. The van der Waals surface area contributed by atoms with Gasteiger partial charge in [-0.15, -0.1) is 0 Å². The fraction of sp³-hybridized carbons (Fsp3) is 0.385. The highest BCUT2D eigenvalue weighted by Crippen LogP contribution is 2.30. The van der Waals surface area contributed by atoms with E-state index in [-0.39, 0.29) is 18.1 Å². The molecule has 0 N–H and O–H groups in total. The molecule has 2 aliphatic rings. The maximum absolute atomic E-state index is 11.9. The van der Waals surface area contributed by atoms with Crippen LogP contribution in [0, 0.1) is 0 Å². The molecule has 88 valence electrons. The minimum Gasteiger partial charge on any atom is -0.366 e. The van der Waals surface area contributed by atoms with E-state index in [1.807, 2.05) is 23.1 Å². The molecule has 2 bridgehead atoms. The number of ether oxygens (including phenoxy) is 1. The molecule has 2 heterocycles. The average Bonchev–Trinajstić information content (AvgIpc) is 2.93. The number of hydrogen-bond acceptors (Lipinski definition) is 3. The molecule has 2 saturated heterocycles. The number of rotatable bonds is 3. The number of amides is 1. The normalized spacial score (nSPS) is 26.6. The van der Waals surface area contributed by atoms with Gasteiger partial charge in [0.05, 0.1) is 12.6 Å². The number of hydrogen-bond donors (Lipinski definition) is 0. The molecule has 0 aliphatic carbocycles. The Labute approximate surface area is 99.2 Å². The molecule has 4 nitrogen and oxygen atoms in total. The third kappa shape index (κ3) is 1.74. The molecule has 2 fully saturated rings. The van der Waals surface area contributed by atoms with Gasteiger partial charge < -0.3 is 9.64 Å². The summed E-state index contributed by atoms with van der Waals surface area (Å²) >= 11 is 0. The smallest absolute Gasteiger partial charge is 0.252 e. The molecule has 2 unspecified atom stereocenters. The van der Waals surface area contributed by atoms with E-state index in [0.717, 1.165) is 18.3 Å². The summed E-state index contributed by atoms with van der Waals surface area (Å²) in [6.45, 7) is 1.22. The van der Waals surface area contributed by atoms with Crippen molar-refractivity contribution < 1.29 is 14.3 Å². The third-order valence-corrected chi connectivity index (χ3v) is 3.42. The number of fused-ring (bicyclic) bond motifs is 2. The second-order valence-electron chi connectivity index (χ2n) is 4.54. The van der Waals surface area contributed by atoms with E-state index < -0.39 is 0 Å². The summed E-state index contributed by atoms with van der Waals surface area (Å²) in [5.41, 5.74) is 1.64. The first kappa shape index (κ1) is 10.5. The zero-order valence-electron chi connectivity index (χ0n) is 9.33. The first-order valence-corrected chi connectivity index (χ1v) is 5.74. The summed E-state index contributed by atoms with van der Waals surface area (Å²) in [4.78, 5) is 24.4. The second kappa shape index (κ2) is 3.96. The summed E-state index contributed by atoms with van der Waals surface area (Å²) in [6, 6.07) is 7.58. The molecule has 1 amide bonds. The van der Waals surface area contributed by atoms with E-state index in [1.54, 1.807) is 6.07 Å². The predicted molar refractivity (Wildman–Crippen MR) is 60.5 cm³/mol. The van der Waals surface area contributed by atoms with Crippen LogP contribution in [-0.4, -0.2) is 35.8 Å². The zero-order chi connectivity index (χ0) is 11.8. The van der Waals surface area contributed by atoms with Crippen LogP contribution in [0.5, 0.6) is 0 Å². The van der Waals surface area contributed by atoms with Gasteiger partial charge in [0.25, 0.3) is 5.91 Å². The molecule has 0 saturated carbocycles. The van der Waals surface area contributed by atoms with Gasteiger partial charge in [0.2, 0.25) is 0 Å². The molecule has 0 spiro atoms. The number of carbonyl (C=O) groups is 2. The van der Waals surface area contributed by atoms with Gasteiger partial charge in [0.1, 0.15) is 12.4 Å². The molecule has 2 atom stereocenters. The summed E-state index contributed by atoms with van der Waals surface area (Å²) in [5.74, 6) is 0.0813. The van der Waals surface area contributed by atoms with Crippen LogP contribution >= 0.6 is 0 Å². The van der Waals surface area contributed by atoms with Gasteiger partial charge in [0.15, 0.2) is 0 Å². The Morgan fingerprint density at radius 1 is 1.47 bits per heavy atom. The molecular weight excluding hydrogens is 218 g/mol. The number of benzene rings is 1. The topological polar surface area (TPSA) is 46.6 Å². The lowest BCUT2D eigenvalue weighted by Gasteiger charge is -2.27. The van der Waals surface area contributed by atoms with Crippen LogP contribution < -0.4 is 0 Å². The van der Waals surface area contributed by atoms with Crippen molar-refractivity contribution in [1.82, 2.24) is 4.90 Å². The van der Waals surface area contributed by atoms with Gasteiger partial charge in [-0.3, -0.25) is 9.59 Å². The molecular formula is C13H13NO3. The van der Waals surface area contributed by atoms with Crippen molar-refractivity contribution in [3.63, 3.8) is 0 Å². The van der Waals surface area contributed by atoms with Crippen LogP contribution in [-0.2, 0) is 16.1 Å². The van der Waals surface area contributed by atoms with Gasteiger partial charge in [-0.25, -0.2) is 0 Å². The Kier molecular flexibility index (Phi) is 2.44. The summed E-state index contributed by atoms with van der Waals surface area (Å²) in [7, 11) is 0. The van der Waals surface area contributed by atoms with Crippen molar-refractivity contribution in [2.24, 2.45) is 0 Å². The van der Waals surface area contributed by atoms with Crippen molar-refractivity contribution >= 4 is 12.2 Å². The van der Waals surface area contributed by atoms with Gasteiger partial charge in [0, 0.05) is 18.5 Å². The average molecular weight is 231 g/mol. The van der Waals surface area contributed by atoms with Crippen molar-refractivity contribution in [3.05, 3.63) is 35.4 Å². The first-order valence-electron chi connectivity index (χ1n) is 5.74. The van der Waals surface area contributed by atoms with Crippen LogP contribution in [0.3, 0.4) is 0 Å². The standard InChI is InChI=1S/C13H13NO3/c15-7-10-3-1-2-9(4-10)6-14-11-5-12(13(14)16)17-8-11/h1-4,7,11-12H,5-6,8H2. The lowest BCUT2D eigenvalue weighted by molar-refractivity contribution is -0.144. The van der Waals surface area contributed by atoms with Crippen LogP contribution in [0.15, 0.2) is 24.3 Å². The van der Waals surface area contributed by atoms with Gasteiger partial charge in [-0.1, -0.05) is 18.2 Å². The Bertz CT molecular complexity index is 471. The van der Waals surface area contributed by atoms with E-state index >= 15 is 0 Å². The molecule has 1 aromatic carbocycles. The zero-order valence-corrected chi connectivity index (χ0v) is 9.33. The summed E-state index contributed by atoms with van der Waals surface area (Å²) in [5, 5.41) is 0.